The van der Waals surface area contributed by atoms with E-state index in [-0.39, 0.29) is 5.69 Å². The van der Waals surface area contributed by atoms with Gasteiger partial charge in [-0.15, -0.1) is 5.10 Å². The molecule has 2 rings (SSSR count). The largest absolute Gasteiger partial charge is 0.364 e. The number of hydrogen-bond donors (Lipinski definition) is 1. The van der Waals surface area contributed by atoms with Crippen molar-refractivity contribution in [2.24, 2.45) is 11.7 Å². The number of primary amides is 1. The summed E-state index contributed by atoms with van der Waals surface area (Å²) >= 11 is 0. The van der Waals surface area contributed by atoms with Crippen LogP contribution >= 0.6 is 0 Å². The van der Waals surface area contributed by atoms with Crippen LogP contribution in [0.15, 0.2) is 6.20 Å². The lowest BCUT2D eigenvalue weighted by molar-refractivity contribution is 0.0994. The molecule has 0 radical (unpaired) electrons. The Kier molecular flexibility index (Phi) is 1.56. The SMILES string of the molecule is NC(=O)c1cnn(CC2CC2)n1. The van der Waals surface area contributed by atoms with Crippen LogP contribution in [0.5, 0.6) is 0 Å². The average molecular weight is 166 g/mol. The molecule has 0 aliphatic heterocycles. The number of hydrogen-bond acceptors (Lipinski definition) is 3. The van der Waals surface area contributed by atoms with E-state index in [2.05, 4.69) is 10.2 Å². The van der Waals surface area contributed by atoms with E-state index in [1.54, 1.807) is 0 Å². The van der Waals surface area contributed by atoms with Gasteiger partial charge in [0.25, 0.3) is 5.91 Å². The number of rotatable bonds is 3. The first-order valence-electron chi connectivity index (χ1n) is 3.95. The molecule has 0 spiro atoms. The predicted octanol–water partition coefficient (Wildman–Crippen LogP) is -0.213. The molecule has 1 heterocycles. The van der Waals surface area contributed by atoms with Gasteiger partial charge in [0.15, 0.2) is 5.69 Å². The average Bonchev–Trinajstić information content (AvgIpc) is 2.66. The summed E-state index contributed by atoms with van der Waals surface area (Å²) in [6, 6.07) is 0. The highest BCUT2D eigenvalue weighted by Crippen LogP contribution is 2.29. The van der Waals surface area contributed by atoms with Gasteiger partial charge in [0, 0.05) is 0 Å². The van der Waals surface area contributed by atoms with E-state index in [0.717, 1.165) is 6.54 Å². The van der Waals surface area contributed by atoms with Crippen molar-refractivity contribution in [2.75, 3.05) is 0 Å². The van der Waals surface area contributed by atoms with Crippen LogP contribution in [0.25, 0.3) is 0 Å². The number of carbonyl (C=O) groups excluding carboxylic acids is 1. The van der Waals surface area contributed by atoms with E-state index >= 15 is 0 Å². The summed E-state index contributed by atoms with van der Waals surface area (Å²) in [5.41, 5.74) is 5.26. The highest BCUT2D eigenvalue weighted by molar-refractivity contribution is 5.90. The predicted molar refractivity (Wildman–Crippen MR) is 41.3 cm³/mol. The first kappa shape index (κ1) is 7.27. The Bertz CT molecular complexity index is 302. The number of aromatic nitrogens is 3. The summed E-state index contributed by atoms with van der Waals surface area (Å²) in [6.45, 7) is 0.813. The second kappa shape index (κ2) is 2.58. The van der Waals surface area contributed by atoms with Crippen LogP contribution < -0.4 is 5.73 Å². The molecule has 12 heavy (non-hydrogen) atoms. The molecule has 1 saturated carbocycles. The molecule has 0 unspecified atom stereocenters. The van der Waals surface area contributed by atoms with E-state index in [1.807, 2.05) is 0 Å². The van der Waals surface area contributed by atoms with E-state index in [1.165, 1.54) is 23.8 Å². The fourth-order valence-corrected chi connectivity index (χ4v) is 1.03. The number of nitrogens with zero attached hydrogens (tertiary/aromatic N) is 3. The number of nitrogens with two attached hydrogens (primary N) is 1. The minimum atomic E-state index is -0.517. The zero-order valence-corrected chi connectivity index (χ0v) is 6.60. The Morgan fingerprint density at radius 3 is 3.00 bits per heavy atom. The van der Waals surface area contributed by atoms with Gasteiger partial charge in [-0.2, -0.15) is 9.90 Å². The summed E-state index contributed by atoms with van der Waals surface area (Å²) in [5, 5.41) is 7.84. The number of carbonyl (C=O) groups is 1. The van der Waals surface area contributed by atoms with Gasteiger partial charge in [-0.1, -0.05) is 0 Å². The van der Waals surface area contributed by atoms with Gasteiger partial charge in [-0.3, -0.25) is 4.79 Å². The van der Waals surface area contributed by atoms with Gasteiger partial charge in [-0.25, -0.2) is 0 Å². The van der Waals surface area contributed by atoms with E-state index < -0.39 is 5.91 Å². The van der Waals surface area contributed by atoms with Gasteiger partial charge in [0.1, 0.15) is 0 Å². The Morgan fingerprint density at radius 2 is 2.50 bits per heavy atom. The molecule has 2 N–H and O–H groups in total. The zero-order chi connectivity index (χ0) is 8.55. The second-order valence-electron chi connectivity index (χ2n) is 3.09. The Labute approximate surface area is 69.5 Å². The van der Waals surface area contributed by atoms with Crippen LogP contribution in [0.1, 0.15) is 23.3 Å². The van der Waals surface area contributed by atoms with Crippen molar-refractivity contribution in [2.45, 2.75) is 19.4 Å². The minimum Gasteiger partial charge on any atom is -0.364 e. The Hall–Kier alpha value is -1.39. The lowest BCUT2D eigenvalue weighted by atomic mass is 10.4. The first-order chi connectivity index (χ1) is 5.75. The normalized spacial score (nSPS) is 16.3. The van der Waals surface area contributed by atoms with Gasteiger partial charge in [0.05, 0.1) is 12.7 Å². The van der Waals surface area contributed by atoms with Crippen LogP contribution in [0, 0.1) is 5.92 Å². The third kappa shape index (κ3) is 1.44. The molecule has 1 aromatic rings. The fourth-order valence-electron chi connectivity index (χ4n) is 1.03. The molecule has 1 aromatic heterocycles. The summed E-state index contributed by atoms with van der Waals surface area (Å²) < 4.78 is 0. The molecule has 1 aliphatic carbocycles. The molecule has 1 amide bonds. The second-order valence-corrected chi connectivity index (χ2v) is 3.09. The van der Waals surface area contributed by atoms with Crippen molar-refractivity contribution in [3.63, 3.8) is 0 Å². The maximum absolute atomic E-state index is 10.6. The molecule has 1 aliphatic rings. The summed E-state index contributed by atoms with van der Waals surface area (Å²) in [4.78, 5) is 12.2. The maximum atomic E-state index is 10.6. The minimum absolute atomic E-state index is 0.246. The van der Waals surface area contributed by atoms with Gasteiger partial charge >= 0.3 is 0 Å². The highest BCUT2D eigenvalue weighted by atomic mass is 16.1. The van der Waals surface area contributed by atoms with Crippen LogP contribution in [-0.4, -0.2) is 20.9 Å². The van der Waals surface area contributed by atoms with Crippen molar-refractivity contribution in [1.82, 2.24) is 15.0 Å². The topological polar surface area (TPSA) is 73.8 Å². The Balaban J connectivity index is 2.06. The summed E-state index contributed by atoms with van der Waals surface area (Å²) in [7, 11) is 0. The molecule has 0 atom stereocenters. The number of amides is 1. The van der Waals surface area contributed by atoms with Crippen molar-refractivity contribution >= 4 is 5.91 Å². The first-order valence-corrected chi connectivity index (χ1v) is 3.95. The van der Waals surface area contributed by atoms with Crippen LogP contribution in [0.2, 0.25) is 0 Å². The Morgan fingerprint density at radius 1 is 1.75 bits per heavy atom. The summed E-state index contributed by atoms with van der Waals surface area (Å²) in [5.74, 6) is 0.190. The van der Waals surface area contributed by atoms with E-state index in [4.69, 9.17) is 5.73 Å². The van der Waals surface area contributed by atoms with Crippen LogP contribution in [0.3, 0.4) is 0 Å². The fraction of sp³-hybridized carbons (Fsp3) is 0.571. The monoisotopic (exact) mass is 166 g/mol. The molecule has 1 fully saturated rings. The van der Waals surface area contributed by atoms with Gasteiger partial charge in [0.2, 0.25) is 0 Å². The molecule has 64 valence electrons. The molecule has 0 bridgehead atoms. The van der Waals surface area contributed by atoms with Crippen molar-refractivity contribution in [1.29, 1.82) is 0 Å². The lowest BCUT2D eigenvalue weighted by Gasteiger charge is -1.93. The molecule has 0 saturated heterocycles. The highest BCUT2D eigenvalue weighted by Gasteiger charge is 2.22. The van der Waals surface area contributed by atoms with Gasteiger partial charge in [-0.05, 0) is 18.8 Å². The quantitative estimate of drug-likeness (QED) is 0.675. The molecule has 0 aromatic carbocycles. The van der Waals surface area contributed by atoms with Crippen molar-refractivity contribution in [3.8, 4) is 0 Å². The maximum Gasteiger partial charge on any atom is 0.270 e. The smallest absolute Gasteiger partial charge is 0.270 e. The third-order valence-electron chi connectivity index (χ3n) is 1.91. The zero-order valence-electron chi connectivity index (χ0n) is 6.60. The molecule has 5 heteroatoms. The molecular formula is C7H10N4O. The molecule has 5 nitrogen and oxygen atoms in total. The van der Waals surface area contributed by atoms with Crippen molar-refractivity contribution < 1.29 is 4.79 Å². The standard InChI is InChI=1S/C7H10N4O/c8-7(12)6-3-9-11(10-6)4-5-1-2-5/h3,5H,1-2,4H2,(H2,8,12). The van der Waals surface area contributed by atoms with Crippen LogP contribution in [-0.2, 0) is 6.54 Å². The third-order valence-corrected chi connectivity index (χ3v) is 1.91. The lowest BCUT2D eigenvalue weighted by Crippen LogP contribution is -2.13. The van der Waals surface area contributed by atoms with E-state index in [9.17, 15) is 4.79 Å². The van der Waals surface area contributed by atoms with Gasteiger partial charge < -0.3 is 5.73 Å². The van der Waals surface area contributed by atoms with Crippen molar-refractivity contribution in [3.05, 3.63) is 11.9 Å². The van der Waals surface area contributed by atoms with E-state index in [0.29, 0.717) is 5.92 Å². The summed E-state index contributed by atoms with van der Waals surface area (Å²) in [6.07, 6.45) is 3.89. The van der Waals surface area contributed by atoms with Crippen LogP contribution in [0.4, 0.5) is 0 Å². The molecular weight excluding hydrogens is 156 g/mol.